The zero-order valence-corrected chi connectivity index (χ0v) is 20.0. The lowest BCUT2D eigenvalue weighted by molar-refractivity contribution is -0.186. The van der Waals surface area contributed by atoms with E-state index >= 15 is 0 Å². The first-order chi connectivity index (χ1) is 17.0. The van der Waals surface area contributed by atoms with Gasteiger partial charge in [0, 0.05) is 32.2 Å². The van der Waals surface area contributed by atoms with Crippen LogP contribution in [0.4, 0.5) is 0 Å². The van der Waals surface area contributed by atoms with Gasteiger partial charge in [-0.05, 0) is 49.9 Å². The van der Waals surface area contributed by atoms with Crippen molar-refractivity contribution in [1.82, 2.24) is 9.79 Å². The number of piperidine rings is 1. The molecule has 1 unspecified atom stereocenters. The first-order valence-corrected chi connectivity index (χ1v) is 13.2. The van der Waals surface area contributed by atoms with E-state index in [2.05, 4.69) is 5.48 Å². The molecule has 2 aromatic rings. The van der Waals surface area contributed by atoms with Gasteiger partial charge in [0.15, 0.2) is 17.8 Å². The van der Waals surface area contributed by atoms with Crippen LogP contribution >= 0.6 is 0 Å². The average molecular weight is 505 g/mol. The number of nitrogens with zero attached hydrogens (tertiary/aromatic N) is 1. The molecule has 0 aromatic heterocycles. The van der Waals surface area contributed by atoms with E-state index < -0.39 is 22.2 Å². The zero-order valence-electron chi connectivity index (χ0n) is 19.2. The van der Waals surface area contributed by atoms with E-state index in [0.29, 0.717) is 43.1 Å². The van der Waals surface area contributed by atoms with Gasteiger partial charge >= 0.3 is 0 Å². The van der Waals surface area contributed by atoms with Gasteiger partial charge in [-0.3, -0.25) is 4.79 Å². The van der Waals surface area contributed by atoms with Crippen LogP contribution in [-0.4, -0.2) is 57.5 Å². The molecule has 0 bridgehead atoms. The molecule has 188 valence electrons. The third-order valence-electron chi connectivity index (χ3n) is 6.22. The highest BCUT2D eigenvalue weighted by Crippen LogP contribution is 2.36. The first kappa shape index (κ1) is 23.9. The maximum atomic E-state index is 13.4. The van der Waals surface area contributed by atoms with E-state index in [1.165, 1.54) is 16.4 Å². The van der Waals surface area contributed by atoms with Crippen LogP contribution in [0.2, 0.25) is 0 Å². The molecule has 10 nitrogen and oxygen atoms in total. The Morgan fingerprint density at radius 2 is 1.80 bits per heavy atom. The van der Waals surface area contributed by atoms with Crippen molar-refractivity contribution >= 4 is 15.9 Å². The normalized spacial score (nSPS) is 21.0. The number of hydrogen-bond acceptors (Lipinski definition) is 8. The number of hydrogen-bond donors (Lipinski definition) is 1. The van der Waals surface area contributed by atoms with Gasteiger partial charge in [0.05, 0.1) is 10.5 Å². The van der Waals surface area contributed by atoms with E-state index in [9.17, 15) is 13.2 Å². The first-order valence-electron chi connectivity index (χ1n) is 11.7. The van der Waals surface area contributed by atoms with E-state index in [1.54, 1.807) is 24.3 Å². The highest BCUT2D eigenvalue weighted by Gasteiger charge is 2.33. The fraction of sp³-hybridized carbons (Fsp3) is 0.458. The van der Waals surface area contributed by atoms with Crippen LogP contribution in [0.1, 0.15) is 42.5 Å². The molecule has 2 fully saturated rings. The van der Waals surface area contributed by atoms with Gasteiger partial charge in [0.25, 0.3) is 5.91 Å². The smallest absolute Gasteiger partial charge is 0.276 e. The number of amides is 1. The van der Waals surface area contributed by atoms with Crippen LogP contribution in [-0.2, 0) is 19.6 Å². The van der Waals surface area contributed by atoms with Crippen LogP contribution in [0.25, 0.3) is 0 Å². The summed E-state index contributed by atoms with van der Waals surface area (Å²) in [5, 5.41) is 0. The number of hydroxylamine groups is 1. The molecule has 0 aliphatic carbocycles. The minimum atomic E-state index is -3.89. The van der Waals surface area contributed by atoms with Crippen molar-refractivity contribution in [2.75, 3.05) is 26.5 Å². The van der Waals surface area contributed by atoms with Crippen molar-refractivity contribution in [2.24, 2.45) is 0 Å². The number of nitrogens with one attached hydrogen (secondary N) is 1. The maximum Gasteiger partial charge on any atom is 0.276 e. The number of ether oxygens (including phenoxy) is 4. The van der Waals surface area contributed by atoms with Gasteiger partial charge < -0.3 is 18.9 Å². The van der Waals surface area contributed by atoms with E-state index in [-0.39, 0.29) is 36.4 Å². The third kappa shape index (κ3) is 5.37. The highest BCUT2D eigenvalue weighted by molar-refractivity contribution is 7.89. The molecule has 1 atom stereocenters. The van der Waals surface area contributed by atoms with Crippen molar-refractivity contribution in [3.63, 3.8) is 0 Å². The SMILES string of the molecule is O=C(NOC1CCCCO1)c1ccccc1S(=O)(=O)N1CCC(Oc2ccc3c(c2)OCO3)CC1. The molecule has 0 spiro atoms. The second-order valence-corrected chi connectivity index (χ2v) is 10.5. The van der Waals surface area contributed by atoms with E-state index in [1.807, 2.05) is 6.07 Å². The quantitative estimate of drug-likeness (QED) is 0.573. The molecule has 0 radical (unpaired) electrons. The van der Waals surface area contributed by atoms with Crippen LogP contribution in [0.5, 0.6) is 17.2 Å². The molecule has 35 heavy (non-hydrogen) atoms. The standard InChI is InChI=1S/C24H28N2O8S/c27-24(25-34-23-7-3-4-14-30-23)19-5-1-2-6-22(19)35(28,29)26-12-10-17(11-13-26)33-18-8-9-20-21(15-18)32-16-31-20/h1-2,5-6,8-9,15,17,23H,3-4,7,10-14,16H2,(H,25,27). The van der Waals surface area contributed by atoms with Gasteiger partial charge in [0.1, 0.15) is 11.9 Å². The lowest BCUT2D eigenvalue weighted by atomic mass is 10.1. The summed E-state index contributed by atoms with van der Waals surface area (Å²) in [5.74, 6) is 1.34. The Balaban J connectivity index is 1.21. The molecular formula is C24H28N2O8S. The second kappa shape index (κ2) is 10.4. The number of carbonyl (C=O) groups excluding carboxylic acids is 1. The number of sulfonamides is 1. The molecule has 11 heteroatoms. The topological polar surface area (TPSA) is 113 Å². The molecule has 2 saturated heterocycles. The second-order valence-electron chi connectivity index (χ2n) is 8.58. The van der Waals surface area contributed by atoms with Crippen molar-refractivity contribution < 1.29 is 37.0 Å². The molecule has 1 N–H and O–H groups in total. The summed E-state index contributed by atoms with van der Waals surface area (Å²) in [7, 11) is -3.89. The number of rotatable bonds is 7. The maximum absolute atomic E-state index is 13.4. The summed E-state index contributed by atoms with van der Waals surface area (Å²) in [4.78, 5) is 18.1. The number of fused-ring (bicyclic) bond motifs is 1. The van der Waals surface area contributed by atoms with Crippen LogP contribution in [0.15, 0.2) is 47.4 Å². The van der Waals surface area contributed by atoms with E-state index in [4.69, 9.17) is 23.8 Å². The molecule has 3 heterocycles. The summed E-state index contributed by atoms with van der Waals surface area (Å²) in [6.07, 6.45) is 2.94. The Morgan fingerprint density at radius 3 is 2.60 bits per heavy atom. The van der Waals surface area contributed by atoms with Gasteiger partial charge in [-0.15, -0.1) is 0 Å². The molecule has 3 aliphatic heterocycles. The van der Waals surface area contributed by atoms with Crippen LogP contribution < -0.4 is 19.7 Å². The van der Waals surface area contributed by atoms with Gasteiger partial charge in [-0.1, -0.05) is 12.1 Å². The summed E-state index contributed by atoms with van der Waals surface area (Å²) in [6, 6.07) is 11.5. The Kier molecular flexibility index (Phi) is 7.09. The monoisotopic (exact) mass is 504 g/mol. The molecule has 1 amide bonds. The zero-order chi connectivity index (χ0) is 24.3. The van der Waals surface area contributed by atoms with Gasteiger partial charge in [0.2, 0.25) is 16.8 Å². The van der Waals surface area contributed by atoms with Crippen molar-refractivity contribution in [3.8, 4) is 17.2 Å². The Bertz CT molecular complexity index is 1160. The largest absolute Gasteiger partial charge is 0.490 e. The van der Waals surface area contributed by atoms with Crippen molar-refractivity contribution in [1.29, 1.82) is 0 Å². The summed E-state index contributed by atoms with van der Waals surface area (Å²) in [6.45, 7) is 1.31. The van der Waals surface area contributed by atoms with Gasteiger partial charge in [-0.2, -0.15) is 4.31 Å². The van der Waals surface area contributed by atoms with Crippen molar-refractivity contribution in [2.45, 2.75) is 49.4 Å². The summed E-state index contributed by atoms with van der Waals surface area (Å²) < 4.78 is 50.4. The lowest BCUT2D eigenvalue weighted by Gasteiger charge is -2.31. The summed E-state index contributed by atoms with van der Waals surface area (Å²) >= 11 is 0. The lowest BCUT2D eigenvalue weighted by Crippen LogP contribution is -2.42. The molecule has 0 saturated carbocycles. The minimum absolute atomic E-state index is 0.0297. The third-order valence-corrected chi connectivity index (χ3v) is 8.18. The van der Waals surface area contributed by atoms with Gasteiger partial charge in [-0.25, -0.2) is 18.7 Å². The fourth-order valence-corrected chi connectivity index (χ4v) is 5.99. The van der Waals surface area contributed by atoms with Crippen LogP contribution in [0.3, 0.4) is 0 Å². The molecule has 5 rings (SSSR count). The number of carbonyl (C=O) groups is 1. The fourth-order valence-electron chi connectivity index (χ4n) is 4.33. The molecule has 3 aliphatic rings. The van der Waals surface area contributed by atoms with Crippen molar-refractivity contribution in [3.05, 3.63) is 48.0 Å². The average Bonchev–Trinajstić information content (AvgIpc) is 3.36. The Labute approximate surface area is 204 Å². The predicted molar refractivity (Wildman–Crippen MR) is 124 cm³/mol. The summed E-state index contributed by atoms with van der Waals surface area (Å²) in [5.41, 5.74) is 2.38. The van der Waals surface area contributed by atoms with Crippen LogP contribution in [0, 0.1) is 0 Å². The molecular weight excluding hydrogens is 476 g/mol. The Hall–Kier alpha value is -2.86. The molecule has 2 aromatic carbocycles. The van der Waals surface area contributed by atoms with E-state index in [0.717, 1.165) is 12.8 Å². The predicted octanol–water partition coefficient (Wildman–Crippen LogP) is 2.84. The number of benzene rings is 2. The highest BCUT2D eigenvalue weighted by atomic mass is 32.2. The Morgan fingerprint density at radius 1 is 1.00 bits per heavy atom. The minimum Gasteiger partial charge on any atom is -0.490 e.